The van der Waals surface area contributed by atoms with Crippen LogP contribution in [-0.2, 0) is 6.42 Å². The van der Waals surface area contributed by atoms with E-state index in [1.165, 1.54) is 0 Å². The van der Waals surface area contributed by atoms with E-state index in [4.69, 9.17) is 25.8 Å². The quantitative estimate of drug-likeness (QED) is 0.907. The van der Waals surface area contributed by atoms with E-state index in [9.17, 15) is 0 Å². The minimum absolute atomic E-state index is 0.564. The predicted octanol–water partition coefficient (Wildman–Crippen LogP) is 2.91. The number of hydrogen-bond donors (Lipinski definition) is 1. The normalized spacial score (nSPS) is 16.0. The molecule has 0 amide bonds. The van der Waals surface area contributed by atoms with Crippen molar-refractivity contribution >= 4 is 11.6 Å². The second-order valence-corrected chi connectivity index (χ2v) is 5.41. The molecule has 0 spiro atoms. The fourth-order valence-corrected chi connectivity index (χ4v) is 3.09. The van der Waals surface area contributed by atoms with Crippen molar-refractivity contribution in [1.29, 1.82) is 0 Å². The summed E-state index contributed by atoms with van der Waals surface area (Å²) in [4.78, 5) is 0. The summed E-state index contributed by atoms with van der Waals surface area (Å²) >= 11 is 6.29. The summed E-state index contributed by atoms with van der Waals surface area (Å²) in [6, 6.07) is 1.74. The first-order valence-electron chi connectivity index (χ1n) is 6.89. The number of nitrogens with one attached hydrogen (secondary N) is 1. The standard InChI is InChI=1S/C15H22ClNO3/c1-18-13-9-12(16)14(19-2)11(15(13)20-3)8-10-4-6-17-7-5-10/h9-10,17H,4-8H2,1-3H3. The molecule has 1 aromatic rings. The van der Waals surface area contributed by atoms with E-state index in [1.807, 2.05) is 0 Å². The number of rotatable bonds is 5. The second kappa shape index (κ2) is 7.04. The number of methoxy groups -OCH3 is 3. The Bertz CT molecular complexity index is 459. The molecule has 1 aromatic carbocycles. The highest BCUT2D eigenvalue weighted by Crippen LogP contribution is 2.44. The Morgan fingerprint density at radius 1 is 1.10 bits per heavy atom. The molecule has 2 rings (SSSR count). The van der Waals surface area contributed by atoms with Gasteiger partial charge in [0.05, 0.1) is 26.4 Å². The van der Waals surface area contributed by atoms with Gasteiger partial charge >= 0.3 is 0 Å². The van der Waals surface area contributed by atoms with E-state index in [2.05, 4.69) is 5.32 Å². The molecular formula is C15H22ClNO3. The monoisotopic (exact) mass is 299 g/mol. The molecule has 1 aliphatic rings. The third-order valence-electron chi connectivity index (χ3n) is 3.83. The van der Waals surface area contributed by atoms with Crippen LogP contribution >= 0.6 is 11.6 Å². The maximum Gasteiger partial charge on any atom is 0.167 e. The Balaban J connectivity index is 2.38. The minimum atomic E-state index is 0.564. The van der Waals surface area contributed by atoms with Crippen LogP contribution in [0.1, 0.15) is 18.4 Å². The van der Waals surface area contributed by atoms with Gasteiger partial charge in [0.2, 0.25) is 0 Å². The highest BCUT2D eigenvalue weighted by atomic mass is 35.5. The molecule has 5 heteroatoms. The van der Waals surface area contributed by atoms with Gasteiger partial charge in [0.25, 0.3) is 0 Å². The molecule has 0 bridgehead atoms. The van der Waals surface area contributed by atoms with E-state index >= 15 is 0 Å². The molecule has 0 radical (unpaired) electrons. The Morgan fingerprint density at radius 2 is 1.75 bits per heavy atom. The van der Waals surface area contributed by atoms with Crippen LogP contribution in [0, 0.1) is 5.92 Å². The van der Waals surface area contributed by atoms with Gasteiger partial charge in [-0.15, -0.1) is 0 Å². The summed E-state index contributed by atoms with van der Waals surface area (Å²) in [6.07, 6.45) is 3.20. The summed E-state index contributed by atoms with van der Waals surface area (Å²) in [5.41, 5.74) is 1.01. The number of halogens is 1. The van der Waals surface area contributed by atoms with Gasteiger partial charge in [-0.05, 0) is 38.3 Å². The van der Waals surface area contributed by atoms with E-state index < -0.39 is 0 Å². The first-order chi connectivity index (χ1) is 9.71. The Labute approximate surface area is 125 Å². The zero-order valence-electron chi connectivity index (χ0n) is 12.3. The lowest BCUT2D eigenvalue weighted by Crippen LogP contribution is -2.28. The molecule has 0 aromatic heterocycles. The van der Waals surface area contributed by atoms with Gasteiger partial charge in [-0.3, -0.25) is 0 Å². The topological polar surface area (TPSA) is 39.7 Å². The lowest BCUT2D eigenvalue weighted by molar-refractivity contribution is 0.328. The van der Waals surface area contributed by atoms with Crippen molar-refractivity contribution in [3.05, 3.63) is 16.7 Å². The number of ether oxygens (including phenoxy) is 3. The molecular weight excluding hydrogens is 278 g/mol. The molecule has 4 nitrogen and oxygen atoms in total. The van der Waals surface area contributed by atoms with Crippen molar-refractivity contribution in [3.63, 3.8) is 0 Å². The van der Waals surface area contributed by atoms with E-state index in [0.717, 1.165) is 43.7 Å². The molecule has 0 aliphatic carbocycles. The molecule has 1 N–H and O–H groups in total. The van der Waals surface area contributed by atoms with Crippen LogP contribution in [-0.4, -0.2) is 34.4 Å². The maximum atomic E-state index is 6.29. The predicted molar refractivity (Wildman–Crippen MR) is 80.4 cm³/mol. The van der Waals surface area contributed by atoms with Crippen molar-refractivity contribution in [2.45, 2.75) is 19.3 Å². The molecule has 1 saturated heterocycles. The first kappa shape index (κ1) is 15.3. The van der Waals surface area contributed by atoms with Crippen molar-refractivity contribution < 1.29 is 14.2 Å². The highest BCUT2D eigenvalue weighted by Gasteiger charge is 2.23. The van der Waals surface area contributed by atoms with Gasteiger partial charge in [0, 0.05) is 11.6 Å². The van der Waals surface area contributed by atoms with Crippen molar-refractivity contribution in [1.82, 2.24) is 5.32 Å². The maximum absolute atomic E-state index is 6.29. The summed E-state index contributed by atoms with van der Waals surface area (Å²) in [6.45, 7) is 2.12. The molecule has 1 aliphatic heterocycles. The second-order valence-electron chi connectivity index (χ2n) is 5.00. The van der Waals surface area contributed by atoms with Crippen molar-refractivity contribution in [2.75, 3.05) is 34.4 Å². The van der Waals surface area contributed by atoms with Crippen LogP contribution in [0.2, 0.25) is 5.02 Å². The lowest BCUT2D eigenvalue weighted by Gasteiger charge is -2.25. The van der Waals surface area contributed by atoms with E-state index in [1.54, 1.807) is 27.4 Å². The van der Waals surface area contributed by atoms with Gasteiger partial charge in [0.1, 0.15) is 5.75 Å². The van der Waals surface area contributed by atoms with Crippen molar-refractivity contribution in [3.8, 4) is 17.2 Å². The van der Waals surface area contributed by atoms with Crippen LogP contribution < -0.4 is 19.5 Å². The number of benzene rings is 1. The zero-order chi connectivity index (χ0) is 14.5. The number of piperidine rings is 1. The average molecular weight is 300 g/mol. The van der Waals surface area contributed by atoms with Gasteiger partial charge in [-0.2, -0.15) is 0 Å². The minimum Gasteiger partial charge on any atom is -0.495 e. The molecule has 20 heavy (non-hydrogen) atoms. The summed E-state index contributed by atoms with van der Waals surface area (Å²) < 4.78 is 16.4. The van der Waals surface area contributed by atoms with Crippen LogP contribution in [0.3, 0.4) is 0 Å². The highest BCUT2D eigenvalue weighted by molar-refractivity contribution is 6.32. The first-order valence-corrected chi connectivity index (χ1v) is 7.27. The molecule has 0 atom stereocenters. The third-order valence-corrected chi connectivity index (χ3v) is 4.11. The van der Waals surface area contributed by atoms with Gasteiger partial charge in [0.15, 0.2) is 11.5 Å². The van der Waals surface area contributed by atoms with Gasteiger partial charge in [-0.25, -0.2) is 0 Å². The number of hydrogen-bond acceptors (Lipinski definition) is 4. The average Bonchev–Trinajstić information content (AvgIpc) is 2.48. The zero-order valence-corrected chi connectivity index (χ0v) is 13.0. The van der Waals surface area contributed by atoms with Crippen LogP contribution in [0.5, 0.6) is 17.2 Å². The molecule has 1 heterocycles. The van der Waals surface area contributed by atoms with Gasteiger partial charge in [-0.1, -0.05) is 11.6 Å². The van der Waals surface area contributed by atoms with Gasteiger partial charge < -0.3 is 19.5 Å². The fraction of sp³-hybridized carbons (Fsp3) is 0.600. The molecule has 112 valence electrons. The molecule has 1 fully saturated rings. The Morgan fingerprint density at radius 3 is 2.30 bits per heavy atom. The summed E-state index contributed by atoms with van der Waals surface area (Å²) in [7, 11) is 4.91. The summed E-state index contributed by atoms with van der Waals surface area (Å²) in [5.74, 6) is 2.69. The lowest BCUT2D eigenvalue weighted by atomic mass is 9.90. The fourth-order valence-electron chi connectivity index (χ4n) is 2.80. The molecule has 0 unspecified atom stereocenters. The van der Waals surface area contributed by atoms with Crippen molar-refractivity contribution in [2.24, 2.45) is 5.92 Å². The third kappa shape index (κ3) is 3.13. The summed E-state index contributed by atoms with van der Waals surface area (Å²) in [5, 5.41) is 3.94. The van der Waals surface area contributed by atoms with Crippen LogP contribution in [0.25, 0.3) is 0 Å². The molecule has 0 saturated carbocycles. The van der Waals surface area contributed by atoms with E-state index in [0.29, 0.717) is 22.4 Å². The van der Waals surface area contributed by atoms with Crippen LogP contribution in [0.4, 0.5) is 0 Å². The van der Waals surface area contributed by atoms with Crippen LogP contribution in [0.15, 0.2) is 6.07 Å². The smallest absolute Gasteiger partial charge is 0.167 e. The SMILES string of the molecule is COc1cc(Cl)c(OC)c(CC2CCNCC2)c1OC. The Kier molecular flexibility index (Phi) is 5.38. The largest absolute Gasteiger partial charge is 0.495 e. The van der Waals surface area contributed by atoms with E-state index in [-0.39, 0.29) is 0 Å². The Hall–Kier alpha value is -1.13.